The second kappa shape index (κ2) is 6.47. The Kier molecular flexibility index (Phi) is 4.16. The molecule has 3 aromatic carbocycles. The summed E-state index contributed by atoms with van der Waals surface area (Å²) in [5.74, 6) is 0. The molecule has 0 bridgehead atoms. The number of nitrogens with zero attached hydrogens (tertiary/aromatic N) is 1. The monoisotopic (exact) mass is 329 g/mol. The molecule has 2 nitrogen and oxygen atoms in total. The van der Waals surface area contributed by atoms with Gasteiger partial charge in [-0.15, -0.1) is 0 Å². The van der Waals surface area contributed by atoms with Crippen LogP contribution in [0.2, 0.25) is 0 Å². The van der Waals surface area contributed by atoms with Crippen molar-refractivity contribution in [2.45, 2.75) is 24.5 Å². The smallest absolute Gasteiger partial charge is 0.0979 e. The van der Waals surface area contributed by atoms with E-state index in [9.17, 15) is 5.11 Å². The highest BCUT2D eigenvalue weighted by Gasteiger charge is 2.57. The van der Waals surface area contributed by atoms with Crippen molar-refractivity contribution in [3.8, 4) is 0 Å². The summed E-state index contributed by atoms with van der Waals surface area (Å²) in [6.07, 6.45) is 0. The van der Waals surface area contributed by atoms with Crippen LogP contribution in [0.3, 0.4) is 0 Å². The molecule has 3 atom stereocenters. The lowest BCUT2D eigenvalue weighted by Gasteiger charge is -2.38. The molecule has 0 spiro atoms. The van der Waals surface area contributed by atoms with E-state index in [1.54, 1.807) is 0 Å². The standard InChI is InChI=1S/C23H23NO/c1-18-22(17-25)24(18)23(19-11-5-2-6-12-19,20-13-7-3-8-14-20)21-15-9-4-10-16-21/h2-16,18,22,25H,17H2,1H3. The molecule has 0 saturated carbocycles. The average Bonchev–Trinajstić information content (AvgIpc) is 3.35. The molecule has 3 aromatic rings. The van der Waals surface area contributed by atoms with Crippen molar-refractivity contribution in [3.05, 3.63) is 108 Å². The van der Waals surface area contributed by atoms with Gasteiger partial charge in [-0.3, -0.25) is 4.90 Å². The van der Waals surface area contributed by atoms with Gasteiger partial charge in [0.05, 0.1) is 12.1 Å². The SMILES string of the molecule is CC1C(CO)N1C(c1ccccc1)(c1ccccc1)c1ccccc1. The van der Waals surface area contributed by atoms with Gasteiger partial charge in [0.15, 0.2) is 0 Å². The highest BCUT2D eigenvalue weighted by molar-refractivity contribution is 5.51. The summed E-state index contributed by atoms with van der Waals surface area (Å²) < 4.78 is 0. The van der Waals surface area contributed by atoms with Gasteiger partial charge < -0.3 is 5.11 Å². The Morgan fingerprint density at radius 2 is 1.08 bits per heavy atom. The number of hydrogen-bond donors (Lipinski definition) is 1. The molecule has 1 aliphatic heterocycles. The van der Waals surface area contributed by atoms with Crippen LogP contribution in [-0.2, 0) is 5.54 Å². The number of aliphatic hydroxyl groups excluding tert-OH is 1. The number of hydrogen-bond acceptors (Lipinski definition) is 2. The molecule has 1 aliphatic rings. The normalized spacial score (nSPS) is 22.6. The zero-order valence-electron chi connectivity index (χ0n) is 14.4. The first-order valence-electron chi connectivity index (χ1n) is 8.86. The maximum Gasteiger partial charge on any atom is 0.0979 e. The molecular formula is C23H23NO. The third kappa shape index (κ3) is 2.50. The van der Waals surface area contributed by atoms with Gasteiger partial charge in [-0.25, -0.2) is 0 Å². The van der Waals surface area contributed by atoms with Gasteiger partial charge in [-0.05, 0) is 23.6 Å². The Hall–Kier alpha value is -2.42. The van der Waals surface area contributed by atoms with Crippen LogP contribution in [0.4, 0.5) is 0 Å². The Bertz CT molecular complexity index is 720. The van der Waals surface area contributed by atoms with Gasteiger partial charge in [0.1, 0.15) is 0 Å². The molecule has 126 valence electrons. The first kappa shape index (κ1) is 16.1. The lowest BCUT2D eigenvalue weighted by Crippen LogP contribution is -2.40. The van der Waals surface area contributed by atoms with Crippen LogP contribution in [0.5, 0.6) is 0 Å². The van der Waals surface area contributed by atoms with Crippen molar-refractivity contribution < 1.29 is 5.11 Å². The molecule has 0 aliphatic carbocycles. The highest BCUT2D eigenvalue weighted by atomic mass is 16.3. The summed E-state index contributed by atoms with van der Waals surface area (Å²) in [5, 5.41) is 9.91. The van der Waals surface area contributed by atoms with Crippen molar-refractivity contribution in [2.75, 3.05) is 6.61 Å². The molecule has 0 amide bonds. The quantitative estimate of drug-likeness (QED) is 0.564. The second-order valence-electron chi connectivity index (χ2n) is 6.71. The van der Waals surface area contributed by atoms with Crippen molar-refractivity contribution >= 4 is 0 Å². The van der Waals surface area contributed by atoms with Crippen LogP contribution in [0.25, 0.3) is 0 Å². The minimum Gasteiger partial charge on any atom is -0.395 e. The molecule has 3 unspecified atom stereocenters. The number of aliphatic hydroxyl groups is 1. The Balaban J connectivity index is 2.03. The van der Waals surface area contributed by atoms with Gasteiger partial charge in [-0.1, -0.05) is 91.0 Å². The zero-order chi connectivity index (χ0) is 17.3. The summed E-state index contributed by atoms with van der Waals surface area (Å²) in [6.45, 7) is 2.37. The Morgan fingerprint density at radius 1 is 0.720 bits per heavy atom. The first-order valence-corrected chi connectivity index (χ1v) is 8.86. The van der Waals surface area contributed by atoms with E-state index in [1.807, 2.05) is 0 Å². The summed E-state index contributed by atoms with van der Waals surface area (Å²) >= 11 is 0. The average molecular weight is 329 g/mol. The Morgan fingerprint density at radius 3 is 1.36 bits per heavy atom. The summed E-state index contributed by atoms with van der Waals surface area (Å²) in [6, 6.07) is 32.4. The zero-order valence-corrected chi connectivity index (χ0v) is 14.4. The highest BCUT2D eigenvalue weighted by Crippen LogP contribution is 2.51. The molecule has 1 heterocycles. The molecule has 1 fully saturated rings. The van der Waals surface area contributed by atoms with Gasteiger partial charge in [0, 0.05) is 12.1 Å². The van der Waals surface area contributed by atoms with E-state index in [1.165, 1.54) is 16.7 Å². The fourth-order valence-corrected chi connectivity index (χ4v) is 4.19. The predicted molar refractivity (Wildman–Crippen MR) is 101 cm³/mol. The van der Waals surface area contributed by atoms with Crippen LogP contribution in [0.15, 0.2) is 91.0 Å². The summed E-state index contributed by atoms with van der Waals surface area (Å²) in [5.41, 5.74) is 3.30. The van der Waals surface area contributed by atoms with Gasteiger partial charge in [0.25, 0.3) is 0 Å². The van der Waals surface area contributed by atoms with Crippen molar-refractivity contribution in [2.24, 2.45) is 0 Å². The first-order chi connectivity index (χ1) is 12.3. The molecule has 1 N–H and O–H groups in total. The summed E-state index contributed by atoms with van der Waals surface area (Å²) in [4.78, 5) is 2.44. The minimum atomic E-state index is -0.392. The molecule has 0 radical (unpaired) electrons. The molecule has 2 heteroatoms. The van der Waals surface area contributed by atoms with Crippen molar-refractivity contribution in [1.29, 1.82) is 0 Å². The van der Waals surface area contributed by atoms with Crippen LogP contribution >= 0.6 is 0 Å². The topological polar surface area (TPSA) is 23.2 Å². The van der Waals surface area contributed by atoms with E-state index in [4.69, 9.17) is 0 Å². The molecule has 0 aromatic heterocycles. The van der Waals surface area contributed by atoms with Crippen LogP contribution in [-0.4, -0.2) is 28.7 Å². The third-order valence-electron chi connectivity index (χ3n) is 5.41. The van der Waals surface area contributed by atoms with Crippen LogP contribution in [0.1, 0.15) is 23.6 Å². The van der Waals surface area contributed by atoms with E-state index in [-0.39, 0.29) is 12.6 Å². The van der Waals surface area contributed by atoms with E-state index in [0.717, 1.165) is 0 Å². The van der Waals surface area contributed by atoms with Crippen LogP contribution in [0, 0.1) is 0 Å². The fourth-order valence-electron chi connectivity index (χ4n) is 4.19. The minimum absolute atomic E-state index is 0.167. The number of benzene rings is 3. The maximum atomic E-state index is 9.91. The molecule has 4 rings (SSSR count). The van der Waals surface area contributed by atoms with E-state index in [0.29, 0.717) is 6.04 Å². The van der Waals surface area contributed by atoms with E-state index in [2.05, 4.69) is 103 Å². The Labute approximate surface area is 149 Å². The lowest BCUT2D eigenvalue weighted by atomic mass is 9.76. The third-order valence-corrected chi connectivity index (χ3v) is 5.41. The van der Waals surface area contributed by atoms with E-state index < -0.39 is 5.54 Å². The number of rotatable bonds is 5. The second-order valence-corrected chi connectivity index (χ2v) is 6.71. The van der Waals surface area contributed by atoms with Gasteiger partial charge in [0.2, 0.25) is 0 Å². The van der Waals surface area contributed by atoms with Crippen molar-refractivity contribution in [3.63, 3.8) is 0 Å². The lowest BCUT2D eigenvalue weighted by molar-refractivity contribution is 0.235. The largest absolute Gasteiger partial charge is 0.395 e. The molecule has 25 heavy (non-hydrogen) atoms. The van der Waals surface area contributed by atoms with Crippen molar-refractivity contribution in [1.82, 2.24) is 4.90 Å². The molecular weight excluding hydrogens is 306 g/mol. The molecule has 1 saturated heterocycles. The van der Waals surface area contributed by atoms with Gasteiger partial charge in [-0.2, -0.15) is 0 Å². The fraction of sp³-hybridized carbons (Fsp3) is 0.217. The summed E-state index contributed by atoms with van der Waals surface area (Å²) in [7, 11) is 0. The van der Waals surface area contributed by atoms with Gasteiger partial charge >= 0.3 is 0 Å². The predicted octanol–water partition coefficient (Wildman–Crippen LogP) is 4.04. The van der Waals surface area contributed by atoms with Crippen LogP contribution < -0.4 is 0 Å². The van der Waals surface area contributed by atoms with E-state index >= 15 is 0 Å². The maximum absolute atomic E-state index is 9.91.